The molecule has 0 saturated carbocycles. The maximum absolute atomic E-state index is 11.9. The lowest BCUT2D eigenvalue weighted by atomic mass is 9.95. The van der Waals surface area contributed by atoms with Crippen molar-refractivity contribution < 1.29 is 25.9 Å². The first-order chi connectivity index (χ1) is 18.9. The van der Waals surface area contributed by atoms with E-state index in [1.54, 1.807) is 36.4 Å². The second-order valence-electron chi connectivity index (χ2n) is 9.44. The molecule has 5 rings (SSSR count). The summed E-state index contributed by atoms with van der Waals surface area (Å²) in [7, 11) is -8.75. The van der Waals surface area contributed by atoms with E-state index in [1.165, 1.54) is 12.1 Å². The van der Waals surface area contributed by atoms with E-state index >= 15 is 0 Å². The summed E-state index contributed by atoms with van der Waals surface area (Å²) < 4.78 is 69.1. The van der Waals surface area contributed by atoms with Crippen molar-refractivity contribution in [3.05, 3.63) is 108 Å². The number of allylic oxidation sites excluding steroid dienone is 5. The Morgan fingerprint density at radius 3 is 2.05 bits per heavy atom. The summed E-state index contributed by atoms with van der Waals surface area (Å²) in [6, 6.07) is 16.9. The van der Waals surface area contributed by atoms with Gasteiger partial charge < -0.3 is 4.57 Å². The maximum Gasteiger partial charge on any atom is 0.295 e. The lowest BCUT2D eigenvalue weighted by Gasteiger charge is -2.12. The van der Waals surface area contributed by atoms with Gasteiger partial charge in [-0.1, -0.05) is 73.3 Å². The molecule has 0 spiro atoms. The Hall–Kier alpha value is -4.02. The number of hydrogen-bond acceptors (Lipinski definition) is 4. The molecule has 9 heteroatoms. The molecule has 0 atom stereocenters. The standard InChI is InChI=1S/C31H27NO6S2/c1-4-32-26(23-12-9-14-25-29(40(36,37)38)19-17-27(32)31(23)25)15-7-5-6-10-20(2)22-11-8-13-24-28(39(33,34)35)18-16-21(3)30(22)24/h5-19H,2,4H2,1,3H3,(H,33,34,35)(H,36,37,38)/b7-5+,10-6+,26-15-. The van der Waals surface area contributed by atoms with Crippen molar-refractivity contribution >= 4 is 64.3 Å². The molecule has 0 saturated heterocycles. The Kier molecular flexibility index (Phi) is 7.01. The summed E-state index contributed by atoms with van der Waals surface area (Å²) >= 11 is 0. The molecule has 0 bridgehead atoms. The SMILES string of the molecule is C=C(/C=C/C=C/C=c1/c2cccc3c(S(=O)(=O)O)ccc(c32)n1CC)c1cccc2c(S(=O)(=O)O)ccc(C)c12. The highest BCUT2D eigenvalue weighted by atomic mass is 32.2. The summed E-state index contributed by atoms with van der Waals surface area (Å²) in [6.45, 7) is 8.71. The molecule has 0 aliphatic heterocycles. The molecular formula is C31H27NO6S2. The molecule has 4 aromatic carbocycles. The zero-order valence-corrected chi connectivity index (χ0v) is 23.5. The summed E-state index contributed by atoms with van der Waals surface area (Å²) in [5.41, 5.74) is 3.16. The van der Waals surface area contributed by atoms with Gasteiger partial charge in [-0.25, -0.2) is 0 Å². The van der Waals surface area contributed by atoms with Gasteiger partial charge in [0, 0.05) is 39.0 Å². The van der Waals surface area contributed by atoms with Gasteiger partial charge in [-0.15, -0.1) is 0 Å². The van der Waals surface area contributed by atoms with Gasteiger partial charge in [-0.3, -0.25) is 9.11 Å². The molecule has 0 aliphatic rings. The fourth-order valence-corrected chi connectivity index (χ4v) is 6.72. The highest BCUT2D eigenvalue weighted by Crippen LogP contribution is 2.33. The summed E-state index contributed by atoms with van der Waals surface area (Å²) in [5, 5.41) is 4.17. The van der Waals surface area contributed by atoms with Crippen LogP contribution >= 0.6 is 0 Å². The number of benzene rings is 4. The molecule has 1 aromatic heterocycles. The minimum absolute atomic E-state index is 0.116. The molecule has 5 aromatic rings. The van der Waals surface area contributed by atoms with E-state index in [1.807, 2.05) is 56.4 Å². The summed E-state index contributed by atoms with van der Waals surface area (Å²) in [6.07, 6.45) is 9.32. The molecule has 2 N–H and O–H groups in total. The molecule has 204 valence electrons. The van der Waals surface area contributed by atoms with E-state index in [4.69, 9.17) is 0 Å². The van der Waals surface area contributed by atoms with Crippen molar-refractivity contribution in [2.45, 2.75) is 30.2 Å². The van der Waals surface area contributed by atoms with Gasteiger partial charge in [0.1, 0.15) is 9.79 Å². The third kappa shape index (κ3) is 4.77. The molecule has 0 aliphatic carbocycles. The molecule has 1 heterocycles. The molecule has 0 fully saturated rings. The molecular weight excluding hydrogens is 546 g/mol. The van der Waals surface area contributed by atoms with E-state index in [-0.39, 0.29) is 9.79 Å². The van der Waals surface area contributed by atoms with Crippen LogP contribution < -0.4 is 5.35 Å². The van der Waals surface area contributed by atoms with Gasteiger partial charge in [0.15, 0.2) is 0 Å². The van der Waals surface area contributed by atoms with Gasteiger partial charge in [-0.05, 0) is 60.2 Å². The van der Waals surface area contributed by atoms with E-state index < -0.39 is 20.2 Å². The fourth-order valence-electron chi connectivity index (χ4n) is 5.34. The Morgan fingerprint density at radius 2 is 1.40 bits per heavy atom. The average Bonchev–Trinajstić information content (AvgIpc) is 3.21. The van der Waals surface area contributed by atoms with E-state index in [0.717, 1.165) is 32.8 Å². The topological polar surface area (TPSA) is 114 Å². The number of aryl methyl sites for hydroxylation is 2. The lowest BCUT2D eigenvalue weighted by Crippen LogP contribution is -2.14. The Morgan fingerprint density at radius 1 is 0.800 bits per heavy atom. The first-order valence-electron chi connectivity index (χ1n) is 12.5. The second kappa shape index (κ2) is 10.2. The van der Waals surface area contributed by atoms with Crippen LogP contribution in [0.1, 0.15) is 18.1 Å². The van der Waals surface area contributed by atoms with Crippen LogP contribution in [0.3, 0.4) is 0 Å². The summed E-state index contributed by atoms with van der Waals surface area (Å²) in [5.74, 6) is 0. The first kappa shape index (κ1) is 27.5. The largest absolute Gasteiger partial charge is 0.341 e. The van der Waals surface area contributed by atoms with Crippen molar-refractivity contribution in [1.29, 1.82) is 0 Å². The first-order valence-corrected chi connectivity index (χ1v) is 15.4. The van der Waals surface area contributed by atoms with Gasteiger partial charge in [0.25, 0.3) is 20.2 Å². The van der Waals surface area contributed by atoms with Gasteiger partial charge in [0.2, 0.25) is 0 Å². The molecule has 7 nitrogen and oxygen atoms in total. The normalized spacial score (nSPS) is 13.6. The van der Waals surface area contributed by atoms with E-state index in [9.17, 15) is 25.9 Å². The lowest BCUT2D eigenvalue weighted by molar-refractivity contribution is 0.482. The predicted molar refractivity (Wildman–Crippen MR) is 160 cm³/mol. The van der Waals surface area contributed by atoms with Gasteiger partial charge in [0.05, 0.1) is 0 Å². The van der Waals surface area contributed by atoms with Crippen molar-refractivity contribution in [2.75, 3.05) is 0 Å². The molecule has 40 heavy (non-hydrogen) atoms. The van der Waals surface area contributed by atoms with Crippen LogP contribution in [-0.2, 0) is 26.8 Å². The molecule has 0 unspecified atom stereocenters. The quantitative estimate of drug-likeness (QED) is 0.180. The minimum Gasteiger partial charge on any atom is -0.341 e. The number of fused-ring (bicyclic) bond motifs is 1. The van der Waals surface area contributed by atoms with Crippen LogP contribution in [0.25, 0.3) is 44.1 Å². The van der Waals surface area contributed by atoms with Gasteiger partial charge in [-0.2, -0.15) is 16.8 Å². The average molecular weight is 574 g/mol. The number of rotatable bonds is 7. The smallest absolute Gasteiger partial charge is 0.295 e. The van der Waals surface area contributed by atoms with Crippen molar-refractivity contribution in [1.82, 2.24) is 4.57 Å². The maximum atomic E-state index is 11.9. The third-order valence-corrected chi connectivity index (χ3v) is 8.86. The number of aromatic nitrogens is 1. The third-order valence-electron chi connectivity index (χ3n) is 7.04. The Bertz CT molecular complexity index is 2170. The highest BCUT2D eigenvalue weighted by molar-refractivity contribution is 7.86. The Labute approximate surface area is 232 Å². The van der Waals surface area contributed by atoms with Crippen LogP contribution in [0.4, 0.5) is 0 Å². The monoisotopic (exact) mass is 573 g/mol. The molecule has 0 radical (unpaired) electrons. The van der Waals surface area contributed by atoms with Crippen LogP contribution in [0, 0.1) is 6.92 Å². The van der Waals surface area contributed by atoms with Crippen molar-refractivity contribution in [2.24, 2.45) is 0 Å². The van der Waals surface area contributed by atoms with Crippen LogP contribution in [0.2, 0.25) is 0 Å². The van der Waals surface area contributed by atoms with Crippen LogP contribution in [0.15, 0.2) is 101 Å². The molecule has 0 amide bonds. The van der Waals surface area contributed by atoms with Crippen LogP contribution in [-0.4, -0.2) is 30.5 Å². The predicted octanol–water partition coefficient (Wildman–Crippen LogP) is 6.09. The summed E-state index contributed by atoms with van der Waals surface area (Å²) in [4.78, 5) is -0.259. The number of hydrogen-bond donors (Lipinski definition) is 2. The highest BCUT2D eigenvalue weighted by Gasteiger charge is 2.19. The van der Waals surface area contributed by atoms with Crippen molar-refractivity contribution in [3.8, 4) is 0 Å². The van der Waals surface area contributed by atoms with Gasteiger partial charge >= 0.3 is 0 Å². The van der Waals surface area contributed by atoms with Crippen LogP contribution in [0.5, 0.6) is 0 Å². The number of nitrogens with zero attached hydrogens (tertiary/aromatic N) is 1. The minimum atomic E-state index is -4.38. The second-order valence-corrected chi connectivity index (χ2v) is 12.2. The van der Waals surface area contributed by atoms with E-state index in [0.29, 0.717) is 28.3 Å². The zero-order valence-electron chi connectivity index (χ0n) is 21.9. The fraction of sp³-hybridized carbons (Fsp3) is 0.0968. The van der Waals surface area contributed by atoms with Crippen molar-refractivity contribution in [3.63, 3.8) is 0 Å². The van der Waals surface area contributed by atoms with E-state index in [2.05, 4.69) is 11.1 Å². The zero-order chi connectivity index (χ0) is 28.8. The Balaban J connectivity index is 1.53.